The molecule has 0 radical (unpaired) electrons. The van der Waals surface area contributed by atoms with Crippen molar-refractivity contribution in [3.05, 3.63) is 52.4 Å². The summed E-state index contributed by atoms with van der Waals surface area (Å²) in [5, 5.41) is 10.5. The molecule has 0 spiro atoms. The summed E-state index contributed by atoms with van der Waals surface area (Å²) >= 11 is 1.85. The van der Waals surface area contributed by atoms with Gasteiger partial charge in [-0.25, -0.2) is 4.98 Å². The highest BCUT2D eigenvalue weighted by molar-refractivity contribution is 7.15. The molecule has 1 aliphatic rings. The summed E-state index contributed by atoms with van der Waals surface area (Å²) in [6.07, 6.45) is 4.04. The molecule has 25 heavy (non-hydrogen) atoms. The lowest BCUT2D eigenvalue weighted by Crippen LogP contribution is -2.28. The van der Waals surface area contributed by atoms with Crippen molar-refractivity contribution < 1.29 is 5.11 Å². The second kappa shape index (κ2) is 7.24. The summed E-state index contributed by atoms with van der Waals surface area (Å²) in [5.74, 6) is 0. The lowest BCUT2D eigenvalue weighted by atomic mass is 10.1. The van der Waals surface area contributed by atoms with E-state index < -0.39 is 0 Å². The van der Waals surface area contributed by atoms with E-state index in [1.165, 1.54) is 47.7 Å². The number of aryl methyl sites for hydroxylation is 1. The highest BCUT2D eigenvalue weighted by Crippen LogP contribution is 2.31. The van der Waals surface area contributed by atoms with Gasteiger partial charge in [-0.3, -0.25) is 4.90 Å². The van der Waals surface area contributed by atoms with Crippen molar-refractivity contribution in [3.8, 4) is 10.6 Å². The maximum Gasteiger partial charge on any atom is 0.0812 e. The van der Waals surface area contributed by atoms with Gasteiger partial charge in [-0.05, 0) is 68.2 Å². The highest BCUT2D eigenvalue weighted by Gasteiger charge is 2.13. The zero-order chi connectivity index (χ0) is 17.2. The molecule has 1 aromatic carbocycles. The predicted molar refractivity (Wildman–Crippen MR) is 105 cm³/mol. The van der Waals surface area contributed by atoms with Gasteiger partial charge in [0.15, 0.2) is 0 Å². The molecule has 130 valence electrons. The second-order valence-corrected chi connectivity index (χ2v) is 8.11. The minimum atomic E-state index is 0.0554. The fourth-order valence-corrected chi connectivity index (χ4v) is 4.62. The van der Waals surface area contributed by atoms with E-state index in [0.717, 1.165) is 28.7 Å². The number of benzene rings is 1. The summed E-state index contributed by atoms with van der Waals surface area (Å²) in [5.41, 5.74) is 4.14. The highest BCUT2D eigenvalue weighted by atomic mass is 32.1. The molecule has 1 fully saturated rings. The number of hydrogen-bond donors (Lipinski definition) is 1. The summed E-state index contributed by atoms with van der Waals surface area (Å²) in [6, 6.07) is 12.7. The number of aliphatic hydroxyl groups is 1. The maximum atomic E-state index is 9.38. The smallest absolute Gasteiger partial charge is 0.0812 e. The minimum absolute atomic E-state index is 0.0554. The number of rotatable bonds is 4. The van der Waals surface area contributed by atoms with Crippen molar-refractivity contribution in [2.75, 3.05) is 13.1 Å². The van der Waals surface area contributed by atoms with Gasteiger partial charge in [0.2, 0.25) is 0 Å². The molecule has 3 aromatic rings. The monoisotopic (exact) mass is 352 g/mol. The van der Waals surface area contributed by atoms with Gasteiger partial charge in [0.1, 0.15) is 0 Å². The van der Waals surface area contributed by atoms with Gasteiger partial charge < -0.3 is 5.11 Å². The average molecular weight is 353 g/mol. The maximum absolute atomic E-state index is 9.38. The zero-order valence-electron chi connectivity index (χ0n) is 14.7. The molecule has 0 amide bonds. The van der Waals surface area contributed by atoms with Crippen LogP contribution < -0.4 is 0 Å². The standard InChI is InChI=1S/C21H24N2OS/c1-15-11-20(22-19-12-16(14-24)5-7-18(15)19)21-8-6-17(25-21)13-23-9-3-2-4-10-23/h5-8,11-12,24H,2-4,9-10,13-14H2,1H3. The van der Waals surface area contributed by atoms with Crippen LogP contribution in [0.4, 0.5) is 0 Å². The van der Waals surface area contributed by atoms with E-state index in [2.05, 4.69) is 36.1 Å². The number of pyridine rings is 1. The first kappa shape index (κ1) is 16.7. The van der Waals surface area contributed by atoms with Crippen LogP contribution in [0.2, 0.25) is 0 Å². The SMILES string of the molecule is Cc1cc(-c2ccc(CN3CCCCC3)s2)nc2cc(CO)ccc12. The fraction of sp³-hybridized carbons (Fsp3) is 0.381. The van der Waals surface area contributed by atoms with Crippen LogP contribution in [-0.4, -0.2) is 28.1 Å². The van der Waals surface area contributed by atoms with Crippen LogP contribution in [0.3, 0.4) is 0 Å². The number of hydrogen-bond acceptors (Lipinski definition) is 4. The van der Waals surface area contributed by atoms with Crippen molar-refractivity contribution in [2.24, 2.45) is 0 Å². The molecular weight excluding hydrogens is 328 g/mol. The summed E-state index contributed by atoms with van der Waals surface area (Å²) < 4.78 is 0. The van der Waals surface area contributed by atoms with Crippen LogP contribution in [0.15, 0.2) is 36.4 Å². The normalized spacial score (nSPS) is 15.8. The van der Waals surface area contributed by atoms with Crippen molar-refractivity contribution in [1.82, 2.24) is 9.88 Å². The number of thiophene rings is 1. The lowest BCUT2D eigenvalue weighted by molar-refractivity contribution is 0.222. The first-order valence-electron chi connectivity index (χ1n) is 9.05. The van der Waals surface area contributed by atoms with E-state index in [1.54, 1.807) is 0 Å². The van der Waals surface area contributed by atoms with Crippen molar-refractivity contribution >= 4 is 22.2 Å². The Morgan fingerprint density at radius 2 is 1.92 bits per heavy atom. The number of likely N-dealkylation sites (tertiary alicyclic amines) is 1. The Bertz CT molecular complexity index is 881. The van der Waals surface area contributed by atoms with E-state index in [4.69, 9.17) is 4.98 Å². The number of piperidine rings is 1. The third-order valence-corrected chi connectivity index (χ3v) is 6.10. The van der Waals surface area contributed by atoms with Gasteiger partial charge in [0, 0.05) is 16.8 Å². The number of fused-ring (bicyclic) bond motifs is 1. The molecule has 0 unspecified atom stereocenters. The Kier molecular flexibility index (Phi) is 4.84. The third kappa shape index (κ3) is 3.61. The van der Waals surface area contributed by atoms with Crippen molar-refractivity contribution in [2.45, 2.75) is 39.3 Å². The quantitative estimate of drug-likeness (QED) is 0.736. The lowest BCUT2D eigenvalue weighted by Gasteiger charge is -2.25. The van der Waals surface area contributed by atoms with Crippen LogP contribution in [0.1, 0.15) is 35.3 Å². The number of aliphatic hydroxyl groups excluding tert-OH is 1. The first-order chi connectivity index (χ1) is 12.2. The summed E-state index contributed by atoms with van der Waals surface area (Å²) in [7, 11) is 0. The van der Waals surface area contributed by atoms with Gasteiger partial charge in [-0.1, -0.05) is 18.6 Å². The molecule has 1 saturated heterocycles. The van der Waals surface area contributed by atoms with Gasteiger partial charge in [0.05, 0.1) is 22.7 Å². The summed E-state index contributed by atoms with van der Waals surface area (Å²) in [4.78, 5) is 10.1. The molecule has 3 heterocycles. The molecule has 1 aliphatic heterocycles. The Labute approximate surface area is 152 Å². The molecule has 2 aromatic heterocycles. The molecule has 0 bridgehead atoms. The second-order valence-electron chi connectivity index (χ2n) is 6.94. The molecule has 4 rings (SSSR count). The molecule has 1 N–H and O–H groups in total. The number of aromatic nitrogens is 1. The van der Waals surface area contributed by atoms with Crippen molar-refractivity contribution in [1.29, 1.82) is 0 Å². The van der Waals surface area contributed by atoms with Crippen LogP contribution in [0.25, 0.3) is 21.5 Å². The largest absolute Gasteiger partial charge is 0.392 e. The molecular formula is C21H24N2OS. The molecule has 0 atom stereocenters. The zero-order valence-corrected chi connectivity index (χ0v) is 15.5. The third-order valence-electron chi connectivity index (χ3n) is 5.01. The summed E-state index contributed by atoms with van der Waals surface area (Å²) in [6.45, 7) is 5.70. The van der Waals surface area contributed by atoms with Crippen LogP contribution in [-0.2, 0) is 13.2 Å². The average Bonchev–Trinajstić information content (AvgIpc) is 3.10. The van der Waals surface area contributed by atoms with Gasteiger partial charge in [0.25, 0.3) is 0 Å². The van der Waals surface area contributed by atoms with Crippen LogP contribution in [0.5, 0.6) is 0 Å². The number of nitrogens with zero attached hydrogens (tertiary/aromatic N) is 2. The minimum Gasteiger partial charge on any atom is -0.392 e. The van der Waals surface area contributed by atoms with E-state index >= 15 is 0 Å². The van der Waals surface area contributed by atoms with E-state index in [0.29, 0.717) is 0 Å². The Morgan fingerprint density at radius 3 is 2.72 bits per heavy atom. The van der Waals surface area contributed by atoms with E-state index in [1.807, 2.05) is 23.5 Å². The fourth-order valence-electron chi connectivity index (χ4n) is 3.61. The Morgan fingerprint density at radius 1 is 1.08 bits per heavy atom. The Balaban J connectivity index is 1.62. The predicted octanol–water partition coefficient (Wildman–Crippen LogP) is 4.75. The molecule has 3 nitrogen and oxygen atoms in total. The first-order valence-corrected chi connectivity index (χ1v) is 9.87. The van der Waals surface area contributed by atoms with Crippen LogP contribution in [0, 0.1) is 6.92 Å². The Hall–Kier alpha value is -1.75. The molecule has 0 aliphatic carbocycles. The van der Waals surface area contributed by atoms with Gasteiger partial charge >= 0.3 is 0 Å². The van der Waals surface area contributed by atoms with Crippen LogP contribution >= 0.6 is 11.3 Å². The van der Waals surface area contributed by atoms with E-state index in [9.17, 15) is 5.11 Å². The van der Waals surface area contributed by atoms with Gasteiger partial charge in [-0.2, -0.15) is 0 Å². The van der Waals surface area contributed by atoms with Crippen molar-refractivity contribution in [3.63, 3.8) is 0 Å². The van der Waals surface area contributed by atoms with Gasteiger partial charge in [-0.15, -0.1) is 11.3 Å². The molecule has 0 saturated carbocycles. The molecule has 4 heteroatoms. The van der Waals surface area contributed by atoms with E-state index in [-0.39, 0.29) is 6.61 Å². The topological polar surface area (TPSA) is 36.4 Å².